The highest BCUT2D eigenvalue weighted by atomic mass is 79.9. The lowest BCUT2D eigenvalue weighted by Gasteiger charge is -2.13. The molecule has 1 atom stereocenters. The Bertz CT molecular complexity index is 346. The number of halogens is 2. The van der Waals surface area contributed by atoms with Crippen molar-refractivity contribution < 1.29 is 14.2 Å². The summed E-state index contributed by atoms with van der Waals surface area (Å²) < 4.78 is 18.9. The third kappa shape index (κ3) is 3.15. The number of aliphatic hydroxyl groups excluding tert-OH is 1. The molecule has 1 unspecified atom stereocenters. The van der Waals surface area contributed by atoms with Crippen molar-refractivity contribution in [2.24, 2.45) is 5.73 Å². The number of rotatable bonds is 4. The first-order chi connectivity index (χ1) is 7.08. The summed E-state index contributed by atoms with van der Waals surface area (Å²) in [4.78, 5) is 0. The molecule has 0 spiro atoms. The molecular formula is C10H13BrFNO2. The molecule has 84 valence electrons. The van der Waals surface area contributed by atoms with Crippen LogP contribution in [0.2, 0.25) is 0 Å². The van der Waals surface area contributed by atoms with Gasteiger partial charge >= 0.3 is 0 Å². The maximum Gasteiger partial charge on any atom is 0.166 e. The minimum atomic E-state index is -0.687. The average Bonchev–Trinajstić information content (AvgIpc) is 2.17. The number of aliphatic hydroxyl groups is 1. The first-order valence-electron chi connectivity index (χ1n) is 4.48. The van der Waals surface area contributed by atoms with Crippen LogP contribution in [-0.4, -0.2) is 24.9 Å². The number of hydrogen-bond acceptors (Lipinski definition) is 3. The Morgan fingerprint density at radius 3 is 2.80 bits per heavy atom. The minimum Gasteiger partial charge on any atom is -0.493 e. The van der Waals surface area contributed by atoms with Crippen molar-refractivity contribution in [1.82, 2.24) is 0 Å². The van der Waals surface area contributed by atoms with Gasteiger partial charge in [-0.05, 0) is 12.1 Å². The van der Waals surface area contributed by atoms with Crippen LogP contribution in [0, 0.1) is 5.82 Å². The van der Waals surface area contributed by atoms with E-state index >= 15 is 0 Å². The van der Waals surface area contributed by atoms with Gasteiger partial charge in [-0.1, -0.05) is 15.9 Å². The number of methoxy groups -OCH3 is 1. The van der Waals surface area contributed by atoms with Gasteiger partial charge in [-0.15, -0.1) is 0 Å². The first-order valence-corrected chi connectivity index (χ1v) is 5.27. The normalized spacial score (nSPS) is 12.6. The van der Waals surface area contributed by atoms with Gasteiger partial charge in [0.25, 0.3) is 0 Å². The quantitative estimate of drug-likeness (QED) is 0.876. The molecule has 0 fully saturated rings. The van der Waals surface area contributed by atoms with Gasteiger partial charge in [0.2, 0.25) is 0 Å². The standard InChI is InChI=1S/C10H13BrFNO2/c1-15-10-6(3-8(14)5-13)2-7(11)4-9(10)12/h2,4,8,14H,3,5,13H2,1H3. The zero-order valence-electron chi connectivity index (χ0n) is 8.34. The van der Waals surface area contributed by atoms with Gasteiger partial charge in [-0.25, -0.2) is 4.39 Å². The summed E-state index contributed by atoms with van der Waals surface area (Å²) in [7, 11) is 1.39. The van der Waals surface area contributed by atoms with Crippen LogP contribution in [-0.2, 0) is 6.42 Å². The lowest BCUT2D eigenvalue weighted by Crippen LogP contribution is -2.22. The van der Waals surface area contributed by atoms with Gasteiger partial charge in [-0.3, -0.25) is 0 Å². The molecule has 0 aromatic heterocycles. The Morgan fingerprint density at radius 1 is 1.60 bits per heavy atom. The second-order valence-corrected chi connectivity index (χ2v) is 4.09. The summed E-state index contributed by atoms with van der Waals surface area (Å²) in [6.45, 7) is 0.136. The number of benzene rings is 1. The van der Waals surface area contributed by atoms with Crippen molar-refractivity contribution in [2.75, 3.05) is 13.7 Å². The lowest BCUT2D eigenvalue weighted by molar-refractivity contribution is 0.182. The van der Waals surface area contributed by atoms with Crippen molar-refractivity contribution in [3.05, 3.63) is 28.0 Å². The van der Waals surface area contributed by atoms with E-state index in [4.69, 9.17) is 10.5 Å². The second kappa shape index (κ2) is 5.44. The zero-order chi connectivity index (χ0) is 11.4. The Morgan fingerprint density at radius 2 is 2.27 bits per heavy atom. The molecule has 1 aromatic carbocycles. The van der Waals surface area contributed by atoms with Gasteiger partial charge in [0.15, 0.2) is 11.6 Å². The summed E-state index contributed by atoms with van der Waals surface area (Å²) in [6, 6.07) is 3.03. The van der Waals surface area contributed by atoms with Crippen molar-refractivity contribution in [3.63, 3.8) is 0 Å². The highest BCUT2D eigenvalue weighted by molar-refractivity contribution is 9.10. The fourth-order valence-corrected chi connectivity index (χ4v) is 1.81. The average molecular weight is 278 g/mol. The van der Waals surface area contributed by atoms with Gasteiger partial charge in [-0.2, -0.15) is 0 Å². The van der Waals surface area contributed by atoms with Crippen LogP contribution < -0.4 is 10.5 Å². The zero-order valence-corrected chi connectivity index (χ0v) is 9.92. The van der Waals surface area contributed by atoms with Gasteiger partial charge in [0.05, 0.1) is 13.2 Å². The van der Waals surface area contributed by atoms with Crippen LogP contribution in [0.1, 0.15) is 5.56 Å². The largest absolute Gasteiger partial charge is 0.493 e. The second-order valence-electron chi connectivity index (χ2n) is 3.17. The molecule has 0 aliphatic heterocycles. The SMILES string of the molecule is COc1c(F)cc(Br)cc1CC(O)CN. The molecule has 5 heteroatoms. The van der Waals surface area contributed by atoms with Gasteiger partial charge in [0, 0.05) is 23.0 Å². The summed E-state index contributed by atoms with van der Waals surface area (Å²) in [6.07, 6.45) is -0.414. The minimum absolute atomic E-state index is 0.136. The van der Waals surface area contributed by atoms with Crippen LogP contribution in [0.3, 0.4) is 0 Å². The summed E-state index contributed by atoms with van der Waals surface area (Å²) in [5.41, 5.74) is 5.89. The molecule has 1 aromatic rings. The lowest BCUT2D eigenvalue weighted by atomic mass is 10.1. The van der Waals surface area contributed by atoms with E-state index in [1.165, 1.54) is 13.2 Å². The number of hydrogen-bond donors (Lipinski definition) is 2. The molecular weight excluding hydrogens is 265 g/mol. The Balaban J connectivity index is 3.03. The van der Waals surface area contributed by atoms with Crippen LogP contribution in [0.15, 0.2) is 16.6 Å². The van der Waals surface area contributed by atoms with Crippen LogP contribution in [0.4, 0.5) is 4.39 Å². The molecule has 0 aliphatic carbocycles. The van der Waals surface area contributed by atoms with E-state index in [1.807, 2.05) is 0 Å². The van der Waals surface area contributed by atoms with E-state index in [2.05, 4.69) is 15.9 Å². The Hall–Kier alpha value is -0.650. The molecule has 3 N–H and O–H groups in total. The first kappa shape index (κ1) is 12.4. The maximum absolute atomic E-state index is 13.4. The summed E-state index contributed by atoms with van der Waals surface area (Å²) in [5, 5.41) is 9.39. The van der Waals surface area contributed by atoms with Crippen molar-refractivity contribution in [1.29, 1.82) is 0 Å². The van der Waals surface area contributed by atoms with Crippen molar-refractivity contribution in [2.45, 2.75) is 12.5 Å². The highest BCUT2D eigenvalue weighted by Crippen LogP contribution is 2.27. The molecule has 0 saturated heterocycles. The maximum atomic E-state index is 13.4. The summed E-state index contributed by atoms with van der Waals surface area (Å²) >= 11 is 3.18. The summed E-state index contributed by atoms with van der Waals surface area (Å²) in [5.74, 6) is -0.295. The molecule has 0 radical (unpaired) electrons. The van der Waals surface area contributed by atoms with Crippen molar-refractivity contribution in [3.8, 4) is 5.75 Å². The predicted molar refractivity (Wildman–Crippen MR) is 59.4 cm³/mol. The van der Waals surface area contributed by atoms with Gasteiger partial charge in [0.1, 0.15) is 0 Å². The fourth-order valence-electron chi connectivity index (χ4n) is 1.33. The number of ether oxygens (including phenoxy) is 1. The molecule has 15 heavy (non-hydrogen) atoms. The highest BCUT2D eigenvalue weighted by Gasteiger charge is 2.13. The smallest absolute Gasteiger partial charge is 0.166 e. The van der Waals surface area contributed by atoms with Crippen LogP contribution >= 0.6 is 15.9 Å². The predicted octanol–water partition coefficient (Wildman–Crippen LogP) is 1.46. The van der Waals surface area contributed by atoms with E-state index in [0.717, 1.165) is 0 Å². The van der Waals surface area contributed by atoms with E-state index in [-0.39, 0.29) is 18.7 Å². The Kier molecular flexibility index (Phi) is 4.50. The van der Waals surface area contributed by atoms with Crippen molar-refractivity contribution >= 4 is 15.9 Å². The number of nitrogens with two attached hydrogens (primary N) is 1. The molecule has 0 saturated carbocycles. The van der Waals surface area contributed by atoms with E-state index in [9.17, 15) is 9.50 Å². The van der Waals surface area contributed by atoms with E-state index in [1.54, 1.807) is 6.07 Å². The van der Waals surface area contributed by atoms with E-state index < -0.39 is 11.9 Å². The molecule has 0 heterocycles. The Labute approximate surface area is 96.2 Å². The fraction of sp³-hybridized carbons (Fsp3) is 0.400. The third-order valence-corrected chi connectivity index (χ3v) is 2.47. The van der Waals surface area contributed by atoms with Crippen LogP contribution in [0.5, 0.6) is 5.75 Å². The monoisotopic (exact) mass is 277 g/mol. The van der Waals surface area contributed by atoms with Crippen LogP contribution in [0.25, 0.3) is 0 Å². The molecule has 3 nitrogen and oxygen atoms in total. The molecule has 0 amide bonds. The molecule has 1 rings (SSSR count). The molecule has 0 bridgehead atoms. The van der Waals surface area contributed by atoms with Gasteiger partial charge < -0.3 is 15.6 Å². The van der Waals surface area contributed by atoms with E-state index in [0.29, 0.717) is 10.0 Å². The topological polar surface area (TPSA) is 55.5 Å². The third-order valence-electron chi connectivity index (χ3n) is 2.02. The molecule has 0 aliphatic rings.